The standard InChI is InChI=1S/C25H20ClFN2O5S4/c1-37(31,32)22-5-3-2-4-16(22)15-6-7-19(17(27)14-15)29-13-12-18(25(29)30)28-38(33,34)24-11-9-21(36-24)20-8-10-23(26)35-20/h2-11,14,18,28H,12-13H2,1H3/t18-/m0/s1. The van der Waals surface area contributed by atoms with Crippen LogP contribution in [-0.2, 0) is 24.7 Å². The highest BCUT2D eigenvalue weighted by Gasteiger charge is 2.37. The van der Waals surface area contributed by atoms with Gasteiger partial charge in [0, 0.05) is 28.1 Å². The van der Waals surface area contributed by atoms with Crippen LogP contribution in [-0.4, -0.2) is 41.6 Å². The number of nitrogens with zero attached hydrogens (tertiary/aromatic N) is 1. The van der Waals surface area contributed by atoms with E-state index in [2.05, 4.69) is 4.72 Å². The van der Waals surface area contributed by atoms with Crippen molar-refractivity contribution in [3.05, 3.63) is 76.9 Å². The fraction of sp³-hybridized carbons (Fsp3) is 0.160. The molecule has 1 fully saturated rings. The minimum atomic E-state index is -3.99. The number of hydrogen-bond donors (Lipinski definition) is 1. The molecule has 3 heterocycles. The summed E-state index contributed by atoms with van der Waals surface area (Å²) in [5.41, 5.74) is 0.681. The zero-order chi connectivity index (χ0) is 27.2. The highest BCUT2D eigenvalue weighted by Crippen LogP contribution is 2.37. The second kappa shape index (κ2) is 10.2. The molecule has 0 unspecified atom stereocenters. The number of amides is 1. The summed E-state index contributed by atoms with van der Waals surface area (Å²) in [5.74, 6) is -1.29. The third-order valence-electron chi connectivity index (χ3n) is 6.00. The first kappa shape index (κ1) is 27.0. The predicted molar refractivity (Wildman–Crippen MR) is 149 cm³/mol. The summed E-state index contributed by atoms with van der Waals surface area (Å²) in [6.07, 6.45) is 1.24. The number of halogens is 2. The minimum Gasteiger partial charge on any atom is -0.308 e. The Labute approximate surface area is 232 Å². The summed E-state index contributed by atoms with van der Waals surface area (Å²) < 4.78 is 68.6. The van der Waals surface area contributed by atoms with Gasteiger partial charge in [-0.05, 0) is 54.4 Å². The van der Waals surface area contributed by atoms with Crippen LogP contribution in [0, 0.1) is 5.82 Å². The van der Waals surface area contributed by atoms with Gasteiger partial charge < -0.3 is 4.90 Å². The summed E-state index contributed by atoms with van der Waals surface area (Å²) in [7, 11) is -7.54. The number of thiophene rings is 2. The van der Waals surface area contributed by atoms with Crippen molar-refractivity contribution >= 4 is 65.7 Å². The van der Waals surface area contributed by atoms with E-state index in [0.717, 1.165) is 27.3 Å². The molecule has 5 rings (SSSR count). The number of anilines is 1. The second-order valence-corrected chi connectivity index (χ2v) is 15.3. The lowest BCUT2D eigenvalue weighted by Crippen LogP contribution is -2.41. The molecule has 2 aromatic carbocycles. The van der Waals surface area contributed by atoms with Crippen LogP contribution in [0.1, 0.15) is 6.42 Å². The van der Waals surface area contributed by atoms with Crippen molar-refractivity contribution in [2.45, 2.75) is 21.6 Å². The lowest BCUT2D eigenvalue weighted by Gasteiger charge is -2.19. The molecule has 1 atom stereocenters. The van der Waals surface area contributed by atoms with E-state index in [1.807, 2.05) is 0 Å². The van der Waals surface area contributed by atoms with Crippen molar-refractivity contribution in [3.63, 3.8) is 0 Å². The first-order valence-corrected chi connectivity index (χ1v) is 16.6. The molecule has 38 heavy (non-hydrogen) atoms. The van der Waals surface area contributed by atoms with Crippen LogP contribution in [0.25, 0.3) is 20.9 Å². The highest BCUT2D eigenvalue weighted by molar-refractivity contribution is 7.91. The van der Waals surface area contributed by atoms with Crippen molar-refractivity contribution in [2.24, 2.45) is 0 Å². The number of carbonyl (C=O) groups excluding carboxylic acids is 1. The molecular formula is C25H20ClFN2O5S4. The van der Waals surface area contributed by atoms with Gasteiger partial charge in [0.15, 0.2) is 9.84 Å². The number of hydrogen-bond acceptors (Lipinski definition) is 7. The maximum Gasteiger partial charge on any atom is 0.250 e. The fourth-order valence-electron chi connectivity index (χ4n) is 4.24. The van der Waals surface area contributed by atoms with E-state index in [0.29, 0.717) is 15.5 Å². The van der Waals surface area contributed by atoms with E-state index >= 15 is 4.39 Å². The number of sulfonamides is 1. The molecule has 198 valence electrons. The molecule has 1 aliphatic rings. The van der Waals surface area contributed by atoms with Crippen molar-refractivity contribution in [1.82, 2.24) is 4.72 Å². The molecule has 13 heteroatoms. The Kier molecular flexibility index (Phi) is 7.22. The average molecular weight is 611 g/mol. The van der Waals surface area contributed by atoms with Crippen LogP contribution in [0.15, 0.2) is 75.8 Å². The van der Waals surface area contributed by atoms with Crippen molar-refractivity contribution in [3.8, 4) is 20.9 Å². The Bertz CT molecular complexity index is 1770. The number of nitrogens with one attached hydrogen (secondary N) is 1. The number of sulfone groups is 1. The lowest BCUT2D eigenvalue weighted by molar-refractivity contribution is -0.118. The molecule has 1 saturated heterocycles. The molecule has 0 saturated carbocycles. The van der Waals surface area contributed by atoms with Gasteiger partial charge in [-0.2, -0.15) is 4.72 Å². The smallest absolute Gasteiger partial charge is 0.250 e. The summed E-state index contributed by atoms with van der Waals surface area (Å²) in [5, 5.41) is 0. The van der Waals surface area contributed by atoms with Crippen molar-refractivity contribution in [2.75, 3.05) is 17.7 Å². The monoisotopic (exact) mass is 610 g/mol. The van der Waals surface area contributed by atoms with Crippen LogP contribution >= 0.6 is 34.3 Å². The maximum absolute atomic E-state index is 15.2. The van der Waals surface area contributed by atoms with E-state index in [9.17, 15) is 21.6 Å². The number of carbonyl (C=O) groups is 1. The molecule has 0 aliphatic carbocycles. The molecule has 1 N–H and O–H groups in total. The molecule has 0 spiro atoms. The molecule has 0 bridgehead atoms. The normalized spacial score (nSPS) is 16.3. The second-order valence-electron chi connectivity index (χ2n) is 8.61. The van der Waals surface area contributed by atoms with Crippen LogP contribution < -0.4 is 9.62 Å². The third kappa shape index (κ3) is 5.29. The first-order chi connectivity index (χ1) is 17.9. The van der Waals surface area contributed by atoms with Crippen LogP contribution in [0.2, 0.25) is 4.34 Å². The summed E-state index contributed by atoms with van der Waals surface area (Å²) >= 11 is 8.38. The van der Waals surface area contributed by atoms with Gasteiger partial charge >= 0.3 is 0 Å². The van der Waals surface area contributed by atoms with Gasteiger partial charge in [-0.25, -0.2) is 21.2 Å². The Morgan fingerprint density at radius 3 is 2.37 bits per heavy atom. The minimum absolute atomic E-state index is 0.00901. The molecular weight excluding hydrogens is 591 g/mol. The molecule has 1 amide bonds. The van der Waals surface area contributed by atoms with Gasteiger partial charge in [0.25, 0.3) is 10.0 Å². The molecule has 0 radical (unpaired) electrons. The van der Waals surface area contributed by atoms with E-state index in [1.165, 1.54) is 46.6 Å². The molecule has 1 aliphatic heterocycles. The first-order valence-electron chi connectivity index (χ1n) is 11.2. The highest BCUT2D eigenvalue weighted by atomic mass is 35.5. The van der Waals surface area contributed by atoms with Crippen LogP contribution in [0.5, 0.6) is 0 Å². The van der Waals surface area contributed by atoms with Crippen LogP contribution in [0.4, 0.5) is 10.1 Å². The van der Waals surface area contributed by atoms with E-state index in [-0.39, 0.29) is 27.8 Å². The van der Waals surface area contributed by atoms with Crippen molar-refractivity contribution < 1.29 is 26.0 Å². The van der Waals surface area contributed by atoms with E-state index in [4.69, 9.17) is 11.6 Å². The van der Waals surface area contributed by atoms with Gasteiger partial charge in [-0.3, -0.25) is 4.79 Å². The SMILES string of the molecule is CS(=O)(=O)c1ccccc1-c1ccc(N2CC[C@H](NS(=O)(=O)c3ccc(-c4ccc(Cl)s4)s3)C2=O)c(F)c1. The third-order valence-corrected chi connectivity index (χ3v) is 11.6. The predicted octanol–water partition coefficient (Wildman–Crippen LogP) is 5.42. The quantitative estimate of drug-likeness (QED) is 0.301. The molecule has 7 nitrogen and oxygen atoms in total. The summed E-state index contributed by atoms with van der Waals surface area (Å²) in [6, 6.07) is 16.0. The van der Waals surface area contributed by atoms with Crippen molar-refractivity contribution in [1.29, 1.82) is 0 Å². The maximum atomic E-state index is 15.2. The van der Waals surface area contributed by atoms with E-state index < -0.39 is 37.6 Å². The van der Waals surface area contributed by atoms with Gasteiger partial charge in [-0.1, -0.05) is 35.9 Å². The van der Waals surface area contributed by atoms with Gasteiger partial charge in [0.05, 0.1) is 14.9 Å². The Morgan fingerprint density at radius 1 is 0.974 bits per heavy atom. The topological polar surface area (TPSA) is 101 Å². The van der Waals surface area contributed by atoms with Gasteiger partial charge in [0.2, 0.25) is 5.91 Å². The zero-order valence-electron chi connectivity index (χ0n) is 19.7. The van der Waals surface area contributed by atoms with E-state index in [1.54, 1.807) is 36.4 Å². The van der Waals surface area contributed by atoms with Gasteiger partial charge in [0.1, 0.15) is 16.1 Å². The molecule has 4 aromatic rings. The fourth-order valence-corrected chi connectivity index (χ4v) is 8.83. The Morgan fingerprint density at radius 2 is 1.68 bits per heavy atom. The lowest BCUT2D eigenvalue weighted by atomic mass is 10.0. The number of benzene rings is 2. The Balaban J connectivity index is 1.35. The summed E-state index contributed by atoms with van der Waals surface area (Å²) in [6.45, 7) is 0.117. The summed E-state index contributed by atoms with van der Waals surface area (Å²) in [4.78, 5) is 15.9. The molecule has 2 aromatic heterocycles. The van der Waals surface area contributed by atoms with Crippen LogP contribution in [0.3, 0.4) is 0 Å². The largest absolute Gasteiger partial charge is 0.308 e. The van der Waals surface area contributed by atoms with Gasteiger partial charge in [-0.15, -0.1) is 22.7 Å². The number of rotatable bonds is 7. The zero-order valence-corrected chi connectivity index (χ0v) is 23.7. The Hall–Kier alpha value is -2.61. The average Bonchev–Trinajstić information content (AvgIpc) is 3.60.